The van der Waals surface area contributed by atoms with Crippen molar-refractivity contribution in [2.75, 3.05) is 34.2 Å². The molecule has 0 saturated carbocycles. The van der Waals surface area contributed by atoms with Crippen LogP contribution >= 0.6 is 0 Å². The summed E-state index contributed by atoms with van der Waals surface area (Å²) in [5.41, 5.74) is 2.14. The van der Waals surface area contributed by atoms with Crippen molar-refractivity contribution in [2.45, 2.75) is 26.6 Å². The highest BCUT2D eigenvalue weighted by atomic mass is 19.4. The fourth-order valence-electron chi connectivity index (χ4n) is 2.99. The molecule has 2 heterocycles. The van der Waals surface area contributed by atoms with Gasteiger partial charge in [0.05, 0.1) is 5.69 Å². The Balaban J connectivity index is 0.000000572. The van der Waals surface area contributed by atoms with Crippen molar-refractivity contribution in [2.24, 2.45) is 5.92 Å². The highest BCUT2D eigenvalue weighted by Gasteiger charge is 2.38. The Hall–Kier alpha value is -3.74. The molecule has 0 spiro atoms. The maximum Gasteiger partial charge on any atom is 0.490 e. The Morgan fingerprint density at radius 1 is 1.03 bits per heavy atom. The number of nitrogens with zero attached hydrogens (tertiary/aromatic N) is 6. The molecule has 1 aromatic carbocycles. The zero-order valence-corrected chi connectivity index (χ0v) is 20.7. The van der Waals surface area contributed by atoms with Crippen molar-refractivity contribution in [3.8, 4) is 17.1 Å². The summed E-state index contributed by atoms with van der Waals surface area (Å²) >= 11 is 0. The van der Waals surface area contributed by atoms with Crippen LogP contribution in [-0.4, -0.2) is 86.8 Å². The van der Waals surface area contributed by atoms with Gasteiger partial charge in [0.2, 0.25) is 0 Å². The number of fused-ring (bicyclic) bond motifs is 1. The standard InChI is InChI=1S/C21H28N6O2.C2HF3O2/c1-15(2)14-27-21(29)19-18(22-27)10-11-26(23-19)17-8-6-16(7-9-17)20(28)25(5)13-12-24(3)4;3-2(4,5)1(6)7/h6-11,15H,12-14H2,1-5H3;(H,6,7). The maximum atomic E-state index is 12.5. The first-order valence-electron chi connectivity index (χ1n) is 11.0. The van der Waals surface area contributed by atoms with Gasteiger partial charge in [-0.25, -0.2) is 14.2 Å². The molecule has 0 saturated heterocycles. The van der Waals surface area contributed by atoms with E-state index in [0.29, 0.717) is 36.0 Å². The van der Waals surface area contributed by atoms with Crippen molar-refractivity contribution in [1.82, 2.24) is 29.4 Å². The lowest BCUT2D eigenvalue weighted by Gasteiger charge is -2.19. The minimum absolute atomic E-state index is 0.0244. The highest BCUT2D eigenvalue weighted by molar-refractivity contribution is 5.94. The van der Waals surface area contributed by atoms with Crippen LogP contribution in [0.4, 0.5) is 13.2 Å². The Morgan fingerprint density at radius 3 is 2.11 bits per heavy atom. The molecule has 1 aromatic rings. The summed E-state index contributed by atoms with van der Waals surface area (Å²) in [6.07, 6.45) is -3.31. The van der Waals surface area contributed by atoms with Gasteiger partial charge < -0.3 is 14.9 Å². The molecule has 0 bridgehead atoms. The molecule has 36 heavy (non-hydrogen) atoms. The Bertz CT molecular complexity index is 1200. The molecule has 0 aromatic heterocycles. The first-order chi connectivity index (χ1) is 16.7. The van der Waals surface area contributed by atoms with E-state index in [0.717, 1.165) is 12.2 Å². The van der Waals surface area contributed by atoms with Crippen LogP contribution < -0.4 is 5.56 Å². The highest BCUT2D eigenvalue weighted by Crippen LogP contribution is 2.16. The average Bonchev–Trinajstić information content (AvgIpc) is 3.10. The number of carbonyl (C=O) groups is 2. The van der Waals surface area contributed by atoms with Crippen molar-refractivity contribution >= 4 is 11.9 Å². The van der Waals surface area contributed by atoms with Crippen LogP contribution in [0.15, 0.2) is 41.3 Å². The molecule has 0 atom stereocenters. The molecule has 1 N–H and O–H groups in total. The smallest absolute Gasteiger partial charge is 0.475 e. The number of amides is 1. The van der Waals surface area contributed by atoms with Gasteiger partial charge in [-0.15, -0.1) is 0 Å². The van der Waals surface area contributed by atoms with Gasteiger partial charge in [-0.3, -0.25) is 9.59 Å². The number of carboxylic acid groups (broad SMARTS) is 1. The van der Waals surface area contributed by atoms with Gasteiger partial charge >= 0.3 is 12.1 Å². The molecule has 10 nitrogen and oxygen atoms in total. The van der Waals surface area contributed by atoms with E-state index < -0.39 is 12.1 Å². The van der Waals surface area contributed by atoms with E-state index in [4.69, 9.17) is 9.90 Å². The van der Waals surface area contributed by atoms with E-state index in [1.165, 1.54) is 4.68 Å². The number of rotatable bonds is 7. The van der Waals surface area contributed by atoms with Crippen molar-refractivity contribution in [3.05, 3.63) is 52.4 Å². The zero-order valence-electron chi connectivity index (χ0n) is 20.7. The second kappa shape index (κ2) is 11.8. The van der Waals surface area contributed by atoms with Gasteiger partial charge in [-0.1, -0.05) is 13.8 Å². The maximum absolute atomic E-state index is 12.5. The Labute approximate surface area is 205 Å². The van der Waals surface area contributed by atoms with Gasteiger partial charge in [0.15, 0.2) is 5.69 Å². The second-order valence-electron chi connectivity index (χ2n) is 8.76. The van der Waals surface area contributed by atoms with Crippen LogP contribution in [0.1, 0.15) is 24.2 Å². The van der Waals surface area contributed by atoms with Crippen LogP contribution in [0.5, 0.6) is 0 Å². The Kier molecular flexibility index (Phi) is 9.34. The first-order valence-corrected chi connectivity index (χ1v) is 11.0. The number of likely N-dealkylation sites (N-methyl/N-ethyl adjacent to an activating group) is 2. The molecule has 0 fully saturated rings. The third-order valence-corrected chi connectivity index (χ3v) is 4.88. The number of aliphatic carboxylic acids is 1. The number of hydrogen-bond donors (Lipinski definition) is 1. The molecule has 2 aliphatic heterocycles. The molecule has 1 amide bonds. The molecule has 3 rings (SSSR count). The minimum atomic E-state index is -5.08. The molecule has 0 aliphatic carbocycles. The number of alkyl halides is 3. The van der Waals surface area contributed by atoms with Gasteiger partial charge in [0, 0.05) is 38.4 Å². The monoisotopic (exact) mass is 510 g/mol. The van der Waals surface area contributed by atoms with E-state index in [1.807, 2.05) is 45.0 Å². The van der Waals surface area contributed by atoms with Crippen molar-refractivity contribution in [1.29, 1.82) is 0 Å². The molecular weight excluding hydrogens is 481 g/mol. The van der Waals surface area contributed by atoms with Gasteiger partial charge in [0.25, 0.3) is 11.5 Å². The number of halogens is 3. The molecule has 0 unspecified atom stereocenters. The summed E-state index contributed by atoms with van der Waals surface area (Å²) in [4.78, 5) is 37.7. The fraction of sp³-hybridized carbons (Fsp3) is 0.435. The second-order valence-corrected chi connectivity index (χ2v) is 8.76. The van der Waals surface area contributed by atoms with Gasteiger partial charge in [0.1, 0.15) is 5.69 Å². The van der Waals surface area contributed by atoms with Crippen molar-refractivity contribution < 1.29 is 27.9 Å². The zero-order chi connectivity index (χ0) is 27.2. The lowest BCUT2D eigenvalue weighted by molar-refractivity contribution is -0.192. The SMILES string of the molecule is CC(C)Cn1nc2ccn(-c3ccc(C(=O)N(C)CCN(C)C)cc3)nc-2c1=O.O=C(O)C(F)(F)F. The van der Waals surface area contributed by atoms with Gasteiger partial charge in [-0.05, 0) is 50.3 Å². The van der Waals surface area contributed by atoms with Crippen LogP contribution in [0.2, 0.25) is 0 Å². The quantitative estimate of drug-likeness (QED) is 0.520. The predicted molar refractivity (Wildman–Crippen MR) is 126 cm³/mol. The van der Waals surface area contributed by atoms with Crippen LogP contribution in [0.3, 0.4) is 0 Å². The summed E-state index contributed by atoms with van der Waals surface area (Å²) in [7, 11) is 5.76. The largest absolute Gasteiger partial charge is 0.490 e. The third kappa shape index (κ3) is 7.63. The van der Waals surface area contributed by atoms with Gasteiger partial charge in [-0.2, -0.15) is 23.4 Å². The van der Waals surface area contributed by atoms with E-state index >= 15 is 0 Å². The summed E-state index contributed by atoms with van der Waals surface area (Å²) in [6.45, 7) is 6.11. The normalized spacial score (nSPS) is 11.5. The van der Waals surface area contributed by atoms with E-state index in [9.17, 15) is 22.8 Å². The summed E-state index contributed by atoms with van der Waals surface area (Å²) in [6, 6.07) is 9.00. The summed E-state index contributed by atoms with van der Waals surface area (Å²) < 4.78 is 34.8. The molecule has 2 aliphatic rings. The average molecular weight is 511 g/mol. The lowest BCUT2D eigenvalue weighted by atomic mass is 10.2. The molecule has 13 heteroatoms. The molecular formula is C23H29F3N6O4. The topological polar surface area (TPSA) is 114 Å². The van der Waals surface area contributed by atoms with Crippen LogP contribution in [-0.2, 0) is 11.3 Å². The third-order valence-electron chi connectivity index (χ3n) is 4.88. The summed E-state index contributed by atoms with van der Waals surface area (Å²) in [5, 5.41) is 15.9. The van der Waals surface area contributed by atoms with E-state index in [-0.39, 0.29) is 11.5 Å². The molecule has 0 radical (unpaired) electrons. The van der Waals surface area contributed by atoms with Crippen molar-refractivity contribution in [3.63, 3.8) is 0 Å². The fourth-order valence-corrected chi connectivity index (χ4v) is 2.99. The van der Waals surface area contributed by atoms with Crippen LogP contribution in [0, 0.1) is 5.92 Å². The lowest BCUT2D eigenvalue weighted by Crippen LogP contribution is -2.33. The first kappa shape index (κ1) is 28.5. The number of benzene rings is 1. The number of carboxylic acids is 1. The number of carbonyl (C=O) groups excluding carboxylic acids is 1. The minimum Gasteiger partial charge on any atom is -0.475 e. The van der Waals surface area contributed by atoms with E-state index in [2.05, 4.69) is 10.2 Å². The predicted octanol–water partition coefficient (Wildman–Crippen LogP) is 2.46. The van der Waals surface area contributed by atoms with Crippen LogP contribution in [0.25, 0.3) is 17.1 Å². The van der Waals surface area contributed by atoms with E-state index in [1.54, 1.807) is 41.0 Å². The molecule has 196 valence electrons. The Morgan fingerprint density at radius 2 is 1.61 bits per heavy atom. The number of hydrogen-bond acceptors (Lipinski definition) is 6. The summed E-state index contributed by atoms with van der Waals surface area (Å²) in [5.74, 6) is -2.46. The number of aromatic nitrogens is 4.